The van der Waals surface area contributed by atoms with Crippen LogP contribution in [0.5, 0.6) is 0 Å². The zero-order valence-electron chi connectivity index (χ0n) is 8.10. The molecule has 0 aliphatic heterocycles. The third-order valence-electron chi connectivity index (χ3n) is 1.89. The Morgan fingerprint density at radius 3 is 2.50 bits per heavy atom. The molecule has 0 unspecified atom stereocenters. The van der Waals surface area contributed by atoms with Crippen molar-refractivity contribution in [1.29, 1.82) is 0 Å². The van der Waals surface area contributed by atoms with Gasteiger partial charge in [0.2, 0.25) is 0 Å². The van der Waals surface area contributed by atoms with E-state index in [1.165, 1.54) is 12.8 Å². The molecule has 0 rings (SSSR count). The van der Waals surface area contributed by atoms with Crippen LogP contribution < -0.4 is 5.32 Å². The van der Waals surface area contributed by atoms with Gasteiger partial charge in [0, 0.05) is 18.8 Å². The Bertz CT molecular complexity index is 112. The number of hydrogen-bond donors (Lipinski definition) is 2. The van der Waals surface area contributed by atoms with Crippen molar-refractivity contribution in [2.24, 2.45) is 0 Å². The van der Waals surface area contributed by atoms with Gasteiger partial charge in [-0.05, 0) is 19.3 Å². The molecule has 0 atom stereocenters. The van der Waals surface area contributed by atoms with Crippen molar-refractivity contribution < 1.29 is 5.11 Å². The summed E-state index contributed by atoms with van der Waals surface area (Å²) in [7, 11) is 0. The summed E-state index contributed by atoms with van der Waals surface area (Å²) in [5.41, 5.74) is 1.12. The van der Waals surface area contributed by atoms with Crippen molar-refractivity contribution in [1.82, 2.24) is 5.32 Å². The molecular formula is C10H21NO. The SMILES string of the molecule is C=C(CC)NCCCCCCO. The van der Waals surface area contributed by atoms with Gasteiger partial charge < -0.3 is 10.4 Å². The minimum absolute atomic E-state index is 0.328. The lowest BCUT2D eigenvalue weighted by molar-refractivity contribution is 0.282. The first kappa shape index (κ1) is 11.5. The molecule has 12 heavy (non-hydrogen) atoms. The molecule has 2 nitrogen and oxygen atoms in total. The average Bonchev–Trinajstić information content (AvgIpc) is 2.10. The second-order valence-corrected chi connectivity index (χ2v) is 3.02. The maximum absolute atomic E-state index is 8.52. The first-order valence-corrected chi connectivity index (χ1v) is 4.83. The molecule has 0 heterocycles. The summed E-state index contributed by atoms with van der Waals surface area (Å²) >= 11 is 0. The van der Waals surface area contributed by atoms with Crippen LogP contribution in [0.15, 0.2) is 12.3 Å². The third kappa shape index (κ3) is 7.61. The van der Waals surface area contributed by atoms with Crippen molar-refractivity contribution in [2.45, 2.75) is 39.0 Å². The van der Waals surface area contributed by atoms with Gasteiger partial charge >= 0.3 is 0 Å². The van der Waals surface area contributed by atoms with E-state index >= 15 is 0 Å². The molecular weight excluding hydrogens is 150 g/mol. The van der Waals surface area contributed by atoms with E-state index in [-0.39, 0.29) is 0 Å². The highest BCUT2D eigenvalue weighted by Gasteiger charge is 1.90. The number of nitrogens with one attached hydrogen (secondary N) is 1. The number of aliphatic hydroxyl groups is 1. The predicted molar refractivity (Wildman–Crippen MR) is 53.0 cm³/mol. The monoisotopic (exact) mass is 171 g/mol. The second kappa shape index (κ2) is 8.60. The Labute approximate surface area is 75.7 Å². The van der Waals surface area contributed by atoms with Crippen LogP contribution in [0.25, 0.3) is 0 Å². The fourth-order valence-corrected chi connectivity index (χ4v) is 0.981. The summed E-state index contributed by atoms with van der Waals surface area (Å²) < 4.78 is 0. The maximum Gasteiger partial charge on any atom is 0.0431 e. The van der Waals surface area contributed by atoms with E-state index in [0.29, 0.717) is 6.61 Å². The highest BCUT2D eigenvalue weighted by Crippen LogP contribution is 1.98. The van der Waals surface area contributed by atoms with Gasteiger partial charge in [0.25, 0.3) is 0 Å². The Balaban J connectivity index is 2.95. The summed E-state index contributed by atoms with van der Waals surface area (Å²) in [5, 5.41) is 11.8. The molecule has 0 aromatic heterocycles. The van der Waals surface area contributed by atoms with Crippen LogP contribution in [0.2, 0.25) is 0 Å². The molecule has 0 aliphatic carbocycles. The van der Waals surface area contributed by atoms with Crippen LogP contribution in [-0.4, -0.2) is 18.3 Å². The zero-order valence-corrected chi connectivity index (χ0v) is 8.10. The molecule has 2 N–H and O–H groups in total. The minimum atomic E-state index is 0.328. The van der Waals surface area contributed by atoms with Crippen molar-refractivity contribution >= 4 is 0 Å². The molecule has 2 heteroatoms. The van der Waals surface area contributed by atoms with Gasteiger partial charge in [-0.3, -0.25) is 0 Å². The number of allylic oxidation sites excluding steroid dienone is 1. The highest BCUT2D eigenvalue weighted by atomic mass is 16.2. The Morgan fingerprint density at radius 1 is 1.25 bits per heavy atom. The van der Waals surface area contributed by atoms with E-state index in [0.717, 1.165) is 31.5 Å². The molecule has 0 aliphatic rings. The molecule has 0 amide bonds. The van der Waals surface area contributed by atoms with Gasteiger partial charge in [0.15, 0.2) is 0 Å². The summed E-state index contributed by atoms with van der Waals surface area (Å²) in [4.78, 5) is 0. The Hall–Kier alpha value is -0.500. The topological polar surface area (TPSA) is 32.3 Å². The number of unbranched alkanes of at least 4 members (excludes halogenated alkanes) is 3. The van der Waals surface area contributed by atoms with Crippen LogP contribution in [0.4, 0.5) is 0 Å². The van der Waals surface area contributed by atoms with Crippen molar-refractivity contribution in [2.75, 3.05) is 13.2 Å². The van der Waals surface area contributed by atoms with Crippen LogP contribution in [0.1, 0.15) is 39.0 Å². The van der Waals surface area contributed by atoms with Crippen LogP contribution >= 0.6 is 0 Å². The smallest absolute Gasteiger partial charge is 0.0431 e. The molecule has 0 aromatic carbocycles. The summed E-state index contributed by atoms with van der Waals surface area (Å²) in [5.74, 6) is 0. The molecule has 0 fully saturated rings. The van der Waals surface area contributed by atoms with E-state index in [1.54, 1.807) is 0 Å². The molecule has 0 radical (unpaired) electrons. The van der Waals surface area contributed by atoms with Crippen LogP contribution in [0.3, 0.4) is 0 Å². The van der Waals surface area contributed by atoms with Crippen LogP contribution in [0, 0.1) is 0 Å². The molecule has 0 bridgehead atoms. The van der Waals surface area contributed by atoms with Gasteiger partial charge in [-0.2, -0.15) is 0 Å². The van der Waals surface area contributed by atoms with Gasteiger partial charge in [-0.25, -0.2) is 0 Å². The molecule has 0 saturated carbocycles. The number of aliphatic hydroxyl groups excluding tert-OH is 1. The van der Waals surface area contributed by atoms with E-state index in [2.05, 4.69) is 18.8 Å². The van der Waals surface area contributed by atoms with E-state index in [4.69, 9.17) is 5.11 Å². The summed E-state index contributed by atoms with van der Waals surface area (Å²) in [6.45, 7) is 7.31. The molecule has 0 spiro atoms. The highest BCUT2D eigenvalue weighted by molar-refractivity contribution is 4.88. The Kier molecular flexibility index (Phi) is 8.24. The van der Waals surface area contributed by atoms with Crippen molar-refractivity contribution in [3.8, 4) is 0 Å². The van der Waals surface area contributed by atoms with E-state index in [1.807, 2.05) is 0 Å². The largest absolute Gasteiger partial charge is 0.396 e. The minimum Gasteiger partial charge on any atom is -0.396 e. The van der Waals surface area contributed by atoms with Gasteiger partial charge in [-0.1, -0.05) is 26.3 Å². The fraction of sp³-hybridized carbons (Fsp3) is 0.800. The zero-order chi connectivity index (χ0) is 9.23. The lowest BCUT2D eigenvalue weighted by Crippen LogP contribution is -2.13. The summed E-state index contributed by atoms with van der Waals surface area (Å²) in [6.07, 6.45) is 5.46. The molecule has 0 saturated heterocycles. The average molecular weight is 171 g/mol. The number of hydrogen-bond acceptors (Lipinski definition) is 2. The van der Waals surface area contributed by atoms with E-state index in [9.17, 15) is 0 Å². The van der Waals surface area contributed by atoms with Gasteiger partial charge in [-0.15, -0.1) is 0 Å². The Morgan fingerprint density at radius 2 is 1.92 bits per heavy atom. The van der Waals surface area contributed by atoms with Crippen molar-refractivity contribution in [3.05, 3.63) is 12.3 Å². The lowest BCUT2D eigenvalue weighted by atomic mass is 10.2. The maximum atomic E-state index is 8.52. The third-order valence-corrected chi connectivity index (χ3v) is 1.89. The standard InChI is InChI=1S/C10H21NO/c1-3-10(2)11-8-6-4-5-7-9-12/h11-12H,2-9H2,1H3. The first-order chi connectivity index (χ1) is 5.81. The first-order valence-electron chi connectivity index (χ1n) is 4.83. The molecule has 0 aromatic rings. The quantitative estimate of drug-likeness (QED) is 0.548. The predicted octanol–water partition coefficient (Wildman–Crippen LogP) is 2.05. The van der Waals surface area contributed by atoms with Crippen LogP contribution in [-0.2, 0) is 0 Å². The fourth-order valence-electron chi connectivity index (χ4n) is 0.981. The second-order valence-electron chi connectivity index (χ2n) is 3.02. The lowest BCUT2D eigenvalue weighted by Gasteiger charge is -2.06. The van der Waals surface area contributed by atoms with E-state index < -0.39 is 0 Å². The van der Waals surface area contributed by atoms with Crippen molar-refractivity contribution in [3.63, 3.8) is 0 Å². The number of rotatable bonds is 8. The normalized spacial score (nSPS) is 9.83. The summed E-state index contributed by atoms with van der Waals surface area (Å²) in [6, 6.07) is 0. The van der Waals surface area contributed by atoms with Gasteiger partial charge in [0.05, 0.1) is 0 Å². The molecule has 72 valence electrons. The van der Waals surface area contributed by atoms with Gasteiger partial charge in [0.1, 0.15) is 0 Å².